The second kappa shape index (κ2) is 4.23. The molecule has 0 aromatic heterocycles. The van der Waals surface area contributed by atoms with Crippen molar-refractivity contribution in [2.45, 2.75) is 0 Å². The fraction of sp³-hybridized carbons (Fsp3) is 0.429. The predicted octanol–water partition coefficient (Wildman–Crippen LogP) is -0.486. The third kappa shape index (κ3) is 2.16. The number of ether oxygens (including phenoxy) is 2. The Hall–Kier alpha value is -1.70. The summed E-state index contributed by atoms with van der Waals surface area (Å²) >= 11 is 0. The van der Waals surface area contributed by atoms with Crippen molar-refractivity contribution in [2.75, 3.05) is 19.8 Å². The molecule has 1 amide bonds. The van der Waals surface area contributed by atoms with Crippen molar-refractivity contribution in [2.24, 2.45) is 0 Å². The summed E-state index contributed by atoms with van der Waals surface area (Å²) in [5.41, 5.74) is 0. The van der Waals surface area contributed by atoms with Gasteiger partial charge in [0.1, 0.15) is 26.0 Å². The van der Waals surface area contributed by atoms with E-state index in [0.29, 0.717) is 13.2 Å². The van der Waals surface area contributed by atoms with Crippen molar-refractivity contribution in [1.82, 2.24) is 5.32 Å². The quantitative estimate of drug-likeness (QED) is 0.565. The molecule has 0 saturated heterocycles. The Morgan fingerprint density at radius 1 is 1.75 bits per heavy atom. The smallest absolute Gasteiger partial charge is 0.290 e. The summed E-state index contributed by atoms with van der Waals surface area (Å²) < 4.78 is 9.80. The molecule has 1 N–H and O–H groups in total. The molecule has 0 fully saturated rings. The van der Waals surface area contributed by atoms with E-state index in [-0.39, 0.29) is 12.3 Å². The molecule has 64 valence electrons. The van der Waals surface area contributed by atoms with Gasteiger partial charge in [0.15, 0.2) is 0 Å². The summed E-state index contributed by atoms with van der Waals surface area (Å²) in [7, 11) is 0. The molecule has 0 unspecified atom stereocenters. The van der Waals surface area contributed by atoms with Crippen LogP contribution in [-0.4, -0.2) is 25.7 Å². The molecule has 0 aliphatic carbocycles. The number of carbonyl (C=O) groups is 1. The van der Waals surface area contributed by atoms with Crippen LogP contribution in [0.25, 0.3) is 0 Å². The molecule has 5 heteroatoms. The number of rotatable bonds is 2. The number of amides is 1. The topological polar surface area (TPSA) is 71.4 Å². The summed E-state index contributed by atoms with van der Waals surface area (Å²) in [5.74, 6) is -0.298. The van der Waals surface area contributed by atoms with Crippen LogP contribution in [0.4, 0.5) is 0 Å². The molecule has 0 spiro atoms. The Kier molecular flexibility index (Phi) is 2.96. The van der Waals surface area contributed by atoms with E-state index < -0.39 is 5.91 Å². The predicted molar refractivity (Wildman–Crippen MR) is 38.6 cm³/mol. The number of nitriles is 1. The van der Waals surface area contributed by atoms with E-state index in [1.807, 2.05) is 0 Å². The molecule has 1 heterocycles. The van der Waals surface area contributed by atoms with Gasteiger partial charge in [0.25, 0.3) is 5.91 Å². The van der Waals surface area contributed by atoms with Crippen LogP contribution in [0.3, 0.4) is 0 Å². The van der Waals surface area contributed by atoms with Crippen molar-refractivity contribution < 1.29 is 14.3 Å². The first-order valence-electron chi connectivity index (χ1n) is 3.44. The first-order valence-corrected chi connectivity index (χ1v) is 3.44. The molecule has 1 aliphatic heterocycles. The van der Waals surface area contributed by atoms with E-state index in [9.17, 15) is 4.79 Å². The summed E-state index contributed by atoms with van der Waals surface area (Å²) in [5, 5.41) is 10.5. The zero-order valence-corrected chi connectivity index (χ0v) is 6.37. The van der Waals surface area contributed by atoms with Gasteiger partial charge >= 0.3 is 0 Å². The Balaban J connectivity index is 2.41. The van der Waals surface area contributed by atoms with E-state index >= 15 is 0 Å². The Morgan fingerprint density at radius 2 is 2.58 bits per heavy atom. The van der Waals surface area contributed by atoms with Gasteiger partial charge in [0, 0.05) is 0 Å². The number of hydrogen-bond acceptors (Lipinski definition) is 4. The zero-order chi connectivity index (χ0) is 8.81. The highest BCUT2D eigenvalue weighted by atomic mass is 16.6. The van der Waals surface area contributed by atoms with Gasteiger partial charge in [-0.2, -0.15) is 5.26 Å². The van der Waals surface area contributed by atoms with Crippen molar-refractivity contribution in [3.63, 3.8) is 0 Å². The zero-order valence-electron chi connectivity index (χ0n) is 6.37. The molecule has 5 nitrogen and oxygen atoms in total. The minimum Gasteiger partial charge on any atom is -0.494 e. The van der Waals surface area contributed by atoms with Crippen LogP contribution in [0.2, 0.25) is 0 Å². The lowest BCUT2D eigenvalue weighted by atomic mass is 10.4. The molecule has 1 aliphatic rings. The lowest BCUT2D eigenvalue weighted by molar-refractivity contribution is -0.122. The van der Waals surface area contributed by atoms with Crippen LogP contribution in [0, 0.1) is 11.3 Å². The first-order chi connectivity index (χ1) is 5.84. The number of hydrogen-bond donors (Lipinski definition) is 1. The molecule has 12 heavy (non-hydrogen) atoms. The van der Waals surface area contributed by atoms with E-state index in [4.69, 9.17) is 14.7 Å². The van der Waals surface area contributed by atoms with Crippen molar-refractivity contribution in [3.05, 3.63) is 12.0 Å². The third-order valence-corrected chi connectivity index (χ3v) is 1.20. The van der Waals surface area contributed by atoms with Gasteiger partial charge in [-0.3, -0.25) is 4.79 Å². The van der Waals surface area contributed by atoms with Gasteiger partial charge in [0.2, 0.25) is 5.76 Å². The third-order valence-electron chi connectivity index (χ3n) is 1.20. The maximum Gasteiger partial charge on any atom is 0.290 e. The second-order valence-corrected chi connectivity index (χ2v) is 2.04. The summed E-state index contributed by atoms with van der Waals surface area (Å²) in [6.45, 7) is 0.792. The molecular formula is C7H8N2O3. The van der Waals surface area contributed by atoms with Gasteiger partial charge in [-0.1, -0.05) is 0 Å². The highest BCUT2D eigenvalue weighted by Gasteiger charge is 2.13. The maximum absolute atomic E-state index is 11.0. The lowest BCUT2D eigenvalue weighted by Crippen LogP contribution is -2.28. The van der Waals surface area contributed by atoms with Crippen molar-refractivity contribution in [1.29, 1.82) is 5.26 Å². The number of carbonyl (C=O) groups excluding carboxylic acids is 1. The molecule has 1 rings (SSSR count). The highest BCUT2D eigenvalue weighted by molar-refractivity contribution is 5.91. The van der Waals surface area contributed by atoms with Crippen LogP contribution >= 0.6 is 0 Å². The molecule has 0 atom stereocenters. The minimum atomic E-state index is -0.420. The van der Waals surface area contributed by atoms with E-state index in [1.165, 1.54) is 6.26 Å². The number of nitrogens with zero attached hydrogens (tertiary/aromatic N) is 1. The van der Waals surface area contributed by atoms with Crippen molar-refractivity contribution in [3.8, 4) is 6.07 Å². The SMILES string of the molecule is N#CCNC(=O)C1=COCCO1. The summed E-state index contributed by atoms with van der Waals surface area (Å²) in [4.78, 5) is 11.0. The molecule has 0 aromatic rings. The number of nitrogens with one attached hydrogen (secondary N) is 1. The van der Waals surface area contributed by atoms with Crippen LogP contribution in [0.15, 0.2) is 12.0 Å². The highest BCUT2D eigenvalue weighted by Crippen LogP contribution is 2.03. The fourth-order valence-corrected chi connectivity index (χ4v) is 0.694. The van der Waals surface area contributed by atoms with Crippen LogP contribution in [0.1, 0.15) is 0 Å². The molecule has 0 saturated carbocycles. The van der Waals surface area contributed by atoms with Crippen molar-refractivity contribution >= 4 is 5.91 Å². The Labute approximate surface area is 69.6 Å². The van der Waals surface area contributed by atoms with E-state index in [2.05, 4.69) is 5.32 Å². The normalized spacial score (nSPS) is 14.8. The second-order valence-electron chi connectivity index (χ2n) is 2.04. The average molecular weight is 168 g/mol. The Bertz CT molecular complexity index is 242. The van der Waals surface area contributed by atoms with Crippen LogP contribution < -0.4 is 5.32 Å². The van der Waals surface area contributed by atoms with Gasteiger partial charge in [-0.15, -0.1) is 0 Å². The average Bonchev–Trinajstić information content (AvgIpc) is 2.15. The molecular weight excluding hydrogens is 160 g/mol. The van der Waals surface area contributed by atoms with Crippen LogP contribution in [-0.2, 0) is 14.3 Å². The lowest BCUT2D eigenvalue weighted by Gasteiger charge is -2.13. The minimum absolute atomic E-state index is 0.0282. The van der Waals surface area contributed by atoms with E-state index in [0.717, 1.165) is 0 Å². The van der Waals surface area contributed by atoms with Gasteiger partial charge in [-0.05, 0) is 0 Å². The molecule has 0 bridgehead atoms. The largest absolute Gasteiger partial charge is 0.494 e. The maximum atomic E-state index is 11.0. The Morgan fingerprint density at radius 3 is 3.17 bits per heavy atom. The van der Waals surface area contributed by atoms with Gasteiger partial charge in [0.05, 0.1) is 6.07 Å². The standard InChI is InChI=1S/C7H8N2O3/c8-1-2-9-7(10)6-5-11-3-4-12-6/h5H,2-4H2,(H,9,10). The first kappa shape index (κ1) is 8.40. The molecule has 0 radical (unpaired) electrons. The molecule has 0 aromatic carbocycles. The van der Waals surface area contributed by atoms with Gasteiger partial charge < -0.3 is 14.8 Å². The fourth-order valence-electron chi connectivity index (χ4n) is 0.694. The summed E-state index contributed by atoms with van der Waals surface area (Å²) in [6.07, 6.45) is 1.25. The van der Waals surface area contributed by atoms with Gasteiger partial charge in [-0.25, -0.2) is 0 Å². The monoisotopic (exact) mass is 168 g/mol. The van der Waals surface area contributed by atoms with E-state index in [1.54, 1.807) is 6.07 Å². The summed E-state index contributed by atoms with van der Waals surface area (Å²) in [6, 6.07) is 1.78. The van der Waals surface area contributed by atoms with Crippen LogP contribution in [0.5, 0.6) is 0 Å².